The number of para-hydroxylation sites is 1. The third-order valence-electron chi connectivity index (χ3n) is 5.80. The van der Waals surface area contributed by atoms with Gasteiger partial charge in [0.2, 0.25) is 5.91 Å². The van der Waals surface area contributed by atoms with E-state index in [2.05, 4.69) is 10.6 Å². The van der Waals surface area contributed by atoms with Crippen LogP contribution in [-0.4, -0.2) is 30.9 Å². The van der Waals surface area contributed by atoms with Gasteiger partial charge in [-0.2, -0.15) is 0 Å². The van der Waals surface area contributed by atoms with E-state index >= 15 is 0 Å². The highest BCUT2D eigenvalue weighted by atomic mass is 16.5. The first-order valence-corrected chi connectivity index (χ1v) is 9.85. The summed E-state index contributed by atoms with van der Waals surface area (Å²) in [6, 6.07) is 7.55. The lowest BCUT2D eigenvalue weighted by molar-refractivity contribution is -0.149. The number of carbonyl (C=O) groups is 3. The fraction of sp³-hybridized carbons (Fsp3) is 0.571. The van der Waals surface area contributed by atoms with Crippen molar-refractivity contribution < 1.29 is 19.1 Å². The molecule has 2 amide bonds. The highest BCUT2D eigenvalue weighted by Crippen LogP contribution is 2.49. The quantitative estimate of drug-likeness (QED) is 0.687. The molecule has 2 bridgehead atoms. The van der Waals surface area contributed by atoms with Gasteiger partial charge in [0.25, 0.3) is 5.91 Å². The molecule has 0 spiro atoms. The lowest BCUT2D eigenvalue weighted by Gasteiger charge is -2.20. The Kier molecular flexibility index (Phi) is 6.48. The van der Waals surface area contributed by atoms with Crippen molar-refractivity contribution in [1.82, 2.24) is 5.32 Å². The molecule has 6 heteroatoms. The smallest absolute Gasteiger partial charge is 0.306 e. The minimum Gasteiger partial charge on any atom is -0.456 e. The molecule has 2 fully saturated rings. The molecule has 146 valence electrons. The van der Waals surface area contributed by atoms with Crippen LogP contribution >= 0.6 is 0 Å². The lowest BCUT2D eigenvalue weighted by Crippen LogP contribution is -2.35. The molecule has 2 saturated carbocycles. The third-order valence-corrected chi connectivity index (χ3v) is 5.80. The predicted molar refractivity (Wildman–Crippen MR) is 102 cm³/mol. The number of aryl methyl sites for hydroxylation is 1. The maximum atomic E-state index is 12.0. The summed E-state index contributed by atoms with van der Waals surface area (Å²) in [7, 11) is 0. The van der Waals surface area contributed by atoms with Gasteiger partial charge in [-0.3, -0.25) is 14.4 Å². The zero-order valence-electron chi connectivity index (χ0n) is 15.8. The number of anilines is 1. The molecule has 0 unspecified atom stereocenters. The Morgan fingerprint density at radius 1 is 1.11 bits per heavy atom. The van der Waals surface area contributed by atoms with Gasteiger partial charge in [-0.15, -0.1) is 0 Å². The molecule has 0 saturated heterocycles. The number of rotatable bonds is 8. The SMILES string of the molecule is CCc1ccccc1NC(=O)CNC(=O)COC(=O)C[C@H]1C[C@H]2CC[C@@H]1C2. The molecule has 3 atom stereocenters. The van der Waals surface area contributed by atoms with Crippen LogP contribution in [0.4, 0.5) is 5.69 Å². The third kappa shape index (κ3) is 5.31. The fourth-order valence-corrected chi connectivity index (χ4v) is 4.42. The molecule has 1 aromatic carbocycles. The highest BCUT2D eigenvalue weighted by molar-refractivity contribution is 5.95. The van der Waals surface area contributed by atoms with Crippen LogP contribution in [0.2, 0.25) is 0 Å². The largest absolute Gasteiger partial charge is 0.456 e. The number of nitrogens with one attached hydrogen (secondary N) is 2. The van der Waals surface area contributed by atoms with Crippen molar-refractivity contribution in [2.75, 3.05) is 18.5 Å². The van der Waals surface area contributed by atoms with Crippen LogP contribution in [0, 0.1) is 17.8 Å². The summed E-state index contributed by atoms with van der Waals surface area (Å²) in [5.74, 6) is 0.777. The standard InChI is InChI=1S/C21H28N2O4/c1-2-15-5-3-4-6-18(15)23-19(24)12-22-20(25)13-27-21(26)11-17-10-14-7-8-16(17)9-14/h3-6,14,16-17H,2,7-13H2,1H3,(H,22,25)(H,23,24)/t14-,16+,17+/m0/s1. The fourth-order valence-electron chi connectivity index (χ4n) is 4.42. The van der Waals surface area contributed by atoms with E-state index in [1.165, 1.54) is 19.3 Å². The Hall–Kier alpha value is -2.37. The average molecular weight is 372 g/mol. The van der Waals surface area contributed by atoms with Crippen LogP contribution in [0.1, 0.15) is 44.6 Å². The number of benzene rings is 1. The van der Waals surface area contributed by atoms with Crippen molar-refractivity contribution in [2.24, 2.45) is 17.8 Å². The second kappa shape index (κ2) is 9.02. The summed E-state index contributed by atoms with van der Waals surface area (Å²) in [5, 5.41) is 5.27. The molecule has 0 aliphatic heterocycles. The molecule has 2 N–H and O–H groups in total. The topological polar surface area (TPSA) is 84.5 Å². The number of esters is 1. The number of amides is 2. The Labute approximate surface area is 160 Å². The van der Waals surface area contributed by atoms with E-state index in [1.807, 2.05) is 31.2 Å². The van der Waals surface area contributed by atoms with Gasteiger partial charge >= 0.3 is 5.97 Å². The van der Waals surface area contributed by atoms with Crippen molar-refractivity contribution in [3.63, 3.8) is 0 Å². The van der Waals surface area contributed by atoms with Crippen LogP contribution in [0.15, 0.2) is 24.3 Å². The number of hydrogen-bond donors (Lipinski definition) is 2. The Bertz CT molecular complexity index is 703. The van der Waals surface area contributed by atoms with Crippen molar-refractivity contribution >= 4 is 23.5 Å². The minimum absolute atomic E-state index is 0.152. The summed E-state index contributed by atoms with van der Waals surface area (Å²) in [6.45, 7) is 1.52. The van der Waals surface area contributed by atoms with Gasteiger partial charge in [-0.25, -0.2) is 0 Å². The molecule has 2 aliphatic carbocycles. The number of carbonyl (C=O) groups excluding carboxylic acids is 3. The average Bonchev–Trinajstić information content (AvgIpc) is 3.28. The monoisotopic (exact) mass is 372 g/mol. The second-order valence-corrected chi connectivity index (χ2v) is 7.64. The van der Waals surface area contributed by atoms with Gasteiger partial charge in [-0.05, 0) is 55.1 Å². The summed E-state index contributed by atoms with van der Waals surface area (Å²) < 4.78 is 5.08. The van der Waals surface area contributed by atoms with Gasteiger partial charge in [-0.1, -0.05) is 31.5 Å². The Morgan fingerprint density at radius 3 is 2.63 bits per heavy atom. The molecule has 0 aromatic heterocycles. The van der Waals surface area contributed by atoms with Crippen LogP contribution in [0.5, 0.6) is 0 Å². The molecule has 6 nitrogen and oxygen atoms in total. The van der Waals surface area contributed by atoms with E-state index in [0.29, 0.717) is 18.3 Å². The molecule has 0 heterocycles. The Morgan fingerprint density at radius 2 is 1.93 bits per heavy atom. The van der Waals surface area contributed by atoms with Gasteiger partial charge in [0, 0.05) is 12.1 Å². The van der Waals surface area contributed by atoms with E-state index in [4.69, 9.17) is 4.74 Å². The van der Waals surface area contributed by atoms with Crippen LogP contribution in [0.3, 0.4) is 0 Å². The normalized spacial score (nSPS) is 23.1. The summed E-state index contributed by atoms with van der Waals surface area (Å²) in [6.07, 6.45) is 6.09. The molecular formula is C21H28N2O4. The highest BCUT2D eigenvalue weighted by Gasteiger charge is 2.40. The molecule has 0 radical (unpaired) electrons. The van der Waals surface area contributed by atoms with Crippen molar-refractivity contribution in [3.05, 3.63) is 29.8 Å². The van der Waals surface area contributed by atoms with Crippen LogP contribution < -0.4 is 10.6 Å². The van der Waals surface area contributed by atoms with Gasteiger partial charge < -0.3 is 15.4 Å². The van der Waals surface area contributed by atoms with Gasteiger partial charge in [0.1, 0.15) is 0 Å². The molecule has 3 rings (SSSR count). The first-order valence-electron chi connectivity index (χ1n) is 9.85. The van der Waals surface area contributed by atoms with Gasteiger partial charge in [0.05, 0.1) is 6.54 Å². The van der Waals surface area contributed by atoms with E-state index < -0.39 is 5.91 Å². The van der Waals surface area contributed by atoms with Gasteiger partial charge in [0.15, 0.2) is 6.61 Å². The Balaban J connectivity index is 1.33. The molecular weight excluding hydrogens is 344 g/mol. The number of fused-ring (bicyclic) bond motifs is 2. The molecule has 27 heavy (non-hydrogen) atoms. The maximum absolute atomic E-state index is 12.0. The second-order valence-electron chi connectivity index (χ2n) is 7.64. The van der Waals surface area contributed by atoms with E-state index in [9.17, 15) is 14.4 Å². The van der Waals surface area contributed by atoms with Crippen LogP contribution in [0.25, 0.3) is 0 Å². The van der Waals surface area contributed by atoms with Crippen molar-refractivity contribution in [1.29, 1.82) is 0 Å². The first-order chi connectivity index (χ1) is 13.0. The van der Waals surface area contributed by atoms with E-state index in [0.717, 1.165) is 30.0 Å². The zero-order valence-corrected chi connectivity index (χ0v) is 15.8. The molecule has 1 aromatic rings. The van der Waals surface area contributed by atoms with Crippen molar-refractivity contribution in [2.45, 2.75) is 45.4 Å². The predicted octanol–water partition coefficient (Wildman–Crippen LogP) is 2.67. The maximum Gasteiger partial charge on any atom is 0.306 e. The summed E-state index contributed by atoms with van der Waals surface area (Å²) in [4.78, 5) is 35.8. The summed E-state index contributed by atoms with van der Waals surface area (Å²) in [5.41, 5.74) is 1.78. The van der Waals surface area contributed by atoms with Crippen molar-refractivity contribution in [3.8, 4) is 0 Å². The van der Waals surface area contributed by atoms with E-state index in [1.54, 1.807) is 0 Å². The first kappa shape index (κ1) is 19.4. The summed E-state index contributed by atoms with van der Waals surface area (Å²) >= 11 is 0. The number of hydrogen-bond acceptors (Lipinski definition) is 4. The lowest BCUT2D eigenvalue weighted by atomic mass is 9.86. The van der Waals surface area contributed by atoms with Crippen LogP contribution in [-0.2, 0) is 25.5 Å². The molecule has 2 aliphatic rings. The minimum atomic E-state index is -0.463. The number of ether oxygens (including phenoxy) is 1. The zero-order chi connectivity index (χ0) is 19.2. The van der Waals surface area contributed by atoms with E-state index in [-0.39, 0.29) is 25.0 Å².